The van der Waals surface area contributed by atoms with E-state index >= 15 is 0 Å². The zero-order valence-corrected chi connectivity index (χ0v) is 19.5. The van der Waals surface area contributed by atoms with E-state index in [-0.39, 0.29) is 11.3 Å². The number of rotatable bonds is 7. The Labute approximate surface area is 204 Å². The Morgan fingerprint density at radius 1 is 1.15 bits per heavy atom. The van der Waals surface area contributed by atoms with Crippen LogP contribution < -0.4 is 5.84 Å². The van der Waals surface area contributed by atoms with Gasteiger partial charge in [0.15, 0.2) is 11.6 Å². The van der Waals surface area contributed by atoms with Crippen molar-refractivity contribution in [3.8, 4) is 17.5 Å². The van der Waals surface area contributed by atoms with Crippen LogP contribution in [0.5, 0.6) is 0 Å². The molecule has 3 aromatic rings. The highest BCUT2D eigenvalue weighted by molar-refractivity contribution is 7.99. The summed E-state index contributed by atoms with van der Waals surface area (Å²) in [5.41, 5.74) is 1.76. The number of ketones is 1. The second-order valence-corrected chi connectivity index (χ2v) is 8.72. The second kappa shape index (κ2) is 10.7. The molecule has 8 nitrogen and oxygen atoms in total. The molecule has 1 aliphatic heterocycles. The van der Waals surface area contributed by atoms with E-state index < -0.39 is 11.6 Å². The van der Waals surface area contributed by atoms with Crippen LogP contribution in [-0.2, 0) is 9.53 Å². The SMILES string of the molecule is N#C/C(C(=O)CSc1nnc(-c2ccc(Cl)cc2)n1N)=C(\c1ccc(F)cc1)N1CCOCC1. The van der Waals surface area contributed by atoms with Gasteiger partial charge in [0, 0.05) is 23.7 Å². The number of Topliss-reactive ketones (excluding diaryl/α,β-unsaturated/α-hetero) is 1. The Balaban J connectivity index is 1.59. The number of halogens is 2. The molecule has 0 radical (unpaired) electrons. The predicted molar refractivity (Wildman–Crippen MR) is 128 cm³/mol. The summed E-state index contributed by atoms with van der Waals surface area (Å²) in [5, 5.41) is 19.0. The van der Waals surface area contributed by atoms with Crippen molar-refractivity contribution in [2.45, 2.75) is 5.16 Å². The molecule has 2 N–H and O–H groups in total. The van der Waals surface area contributed by atoms with Crippen molar-refractivity contribution < 1.29 is 13.9 Å². The molecule has 0 spiro atoms. The first-order valence-electron chi connectivity index (χ1n) is 10.3. The normalized spacial score (nSPS) is 14.4. The van der Waals surface area contributed by atoms with E-state index in [1.807, 2.05) is 4.90 Å². The van der Waals surface area contributed by atoms with Gasteiger partial charge in [0.25, 0.3) is 0 Å². The number of benzene rings is 2. The minimum absolute atomic E-state index is 0.0120. The summed E-state index contributed by atoms with van der Waals surface area (Å²) in [7, 11) is 0. The number of carbonyl (C=O) groups excluding carboxylic acids is 1. The van der Waals surface area contributed by atoms with Gasteiger partial charge in [-0.2, -0.15) is 5.26 Å². The van der Waals surface area contributed by atoms with Gasteiger partial charge in [0.2, 0.25) is 5.16 Å². The summed E-state index contributed by atoms with van der Waals surface area (Å²) in [6.07, 6.45) is 0. The zero-order valence-electron chi connectivity index (χ0n) is 17.9. The fourth-order valence-corrected chi connectivity index (χ4v) is 4.36. The molecule has 34 heavy (non-hydrogen) atoms. The van der Waals surface area contributed by atoms with Crippen LogP contribution in [0.1, 0.15) is 5.56 Å². The summed E-state index contributed by atoms with van der Waals surface area (Å²) >= 11 is 7.01. The number of morpholine rings is 1. The van der Waals surface area contributed by atoms with Crippen molar-refractivity contribution in [2.24, 2.45) is 0 Å². The number of thioether (sulfide) groups is 1. The maximum absolute atomic E-state index is 13.5. The van der Waals surface area contributed by atoms with Gasteiger partial charge >= 0.3 is 0 Å². The molecule has 0 bridgehead atoms. The van der Waals surface area contributed by atoms with Crippen molar-refractivity contribution in [3.05, 3.63) is 70.5 Å². The van der Waals surface area contributed by atoms with E-state index in [0.717, 1.165) is 17.3 Å². The number of nitrogen functional groups attached to an aromatic ring is 1. The summed E-state index contributed by atoms with van der Waals surface area (Å²) in [4.78, 5) is 15.1. The standard InChI is InChI=1S/C23H20ClFN6O2S/c24-17-5-1-16(2-6-17)22-28-29-23(31(22)27)34-14-20(32)19(13-26)21(30-9-11-33-12-10-30)15-3-7-18(25)8-4-15/h1-8H,9-12,14,27H2/b21-19-. The average molecular weight is 499 g/mol. The molecule has 0 saturated carbocycles. The molecule has 0 aliphatic carbocycles. The summed E-state index contributed by atoms with van der Waals surface area (Å²) in [6, 6.07) is 14.8. The average Bonchev–Trinajstić information content (AvgIpc) is 3.23. The van der Waals surface area contributed by atoms with E-state index in [9.17, 15) is 14.4 Å². The van der Waals surface area contributed by atoms with Crippen molar-refractivity contribution in [3.63, 3.8) is 0 Å². The van der Waals surface area contributed by atoms with Gasteiger partial charge in [-0.15, -0.1) is 10.2 Å². The minimum atomic E-state index is -0.399. The van der Waals surface area contributed by atoms with Crippen LogP contribution in [0.3, 0.4) is 0 Å². The molecule has 0 unspecified atom stereocenters. The zero-order chi connectivity index (χ0) is 24.1. The number of nitriles is 1. The third kappa shape index (κ3) is 5.22. The molecule has 1 saturated heterocycles. The summed E-state index contributed by atoms with van der Waals surface area (Å²) < 4.78 is 20.2. The van der Waals surface area contributed by atoms with Gasteiger partial charge in [-0.1, -0.05) is 23.4 Å². The van der Waals surface area contributed by atoms with E-state index in [2.05, 4.69) is 16.3 Å². The van der Waals surface area contributed by atoms with Crippen LogP contribution in [0, 0.1) is 17.1 Å². The van der Waals surface area contributed by atoms with Gasteiger partial charge in [0.1, 0.15) is 17.5 Å². The van der Waals surface area contributed by atoms with E-state index in [4.69, 9.17) is 22.2 Å². The highest BCUT2D eigenvalue weighted by Crippen LogP contribution is 2.28. The van der Waals surface area contributed by atoms with Crippen LogP contribution in [0.25, 0.3) is 17.1 Å². The maximum Gasteiger partial charge on any atom is 0.210 e. The Bertz CT molecular complexity index is 1250. The molecule has 2 aromatic carbocycles. The molecule has 174 valence electrons. The molecule has 1 aliphatic rings. The molecular weight excluding hydrogens is 479 g/mol. The first kappa shape index (κ1) is 23.8. The lowest BCUT2D eigenvalue weighted by Gasteiger charge is -2.32. The Morgan fingerprint density at radius 3 is 2.47 bits per heavy atom. The number of ether oxygens (including phenoxy) is 1. The van der Waals surface area contributed by atoms with Gasteiger partial charge in [-0.05, 0) is 54.1 Å². The van der Waals surface area contributed by atoms with Crippen LogP contribution in [0.4, 0.5) is 4.39 Å². The molecule has 11 heteroatoms. The summed E-state index contributed by atoms with van der Waals surface area (Å²) in [6.45, 7) is 1.96. The van der Waals surface area contributed by atoms with Crippen molar-refractivity contribution in [1.29, 1.82) is 5.26 Å². The van der Waals surface area contributed by atoms with Crippen molar-refractivity contribution >= 4 is 34.8 Å². The van der Waals surface area contributed by atoms with E-state index in [1.54, 1.807) is 36.4 Å². The lowest BCUT2D eigenvalue weighted by Crippen LogP contribution is -2.36. The van der Waals surface area contributed by atoms with Crippen LogP contribution in [-0.4, -0.2) is 57.6 Å². The Hall–Kier alpha value is -3.39. The van der Waals surface area contributed by atoms with Gasteiger partial charge < -0.3 is 15.5 Å². The lowest BCUT2D eigenvalue weighted by atomic mass is 10.0. The highest BCUT2D eigenvalue weighted by Gasteiger charge is 2.24. The molecule has 1 aromatic heterocycles. The highest BCUT2D eigenvalue weighted by atomic mass is 35.5. The number of hydrogen-bond acceptors (Lipinski definition) is 8. The van der Waals surface area contributed by atoms with Gasteiger partial charge in [-0.3, -0.25) is 4.79 Å². The lowest BCUT2D eigenvalue weighted by molar-refractivity contribution is -0.112. The fraction of sp³-hybridized carbons (Fsp3) is 0.217. The number of aromatic nitrogens is 3. The van der Waals surface area contributed by atoms with E-state index in [1.165, 1.54) is 16.8 Å². The monoisotopic (exact) mass is 498 g/mol. The predicted octanol–water partition coefficient (Wildman–Crippen LogP) is 3.38. The van der Waals surface area contributed by atoms with Gasteiger partial charge in [-0.25, -0.2) is 9.07 Å². The van der Waals surface area contributed by atoms with Crippen LogP contribution in [0.2, 0.25) is 5.02 Å². The molecule has 2 heterocycles. The quantitative estimate of drug-likeness (QED) is 0.228. The number of carbonyl (C=O) groups is 1. The molecular formula is C23H20ClFN6O2S. The fourth-order valence-electron chi connectivity index (χ4n) is 3.50. The van der Waals surface area contributed by atoms with Crippen molar-refractivity contribution in [1.82, 2.24) is 19.8 Å². The molecule has 0 atom stereocenters. The number of hydrogen-bond donors (Lipinski definition) is 1. The third-order valence-corrected chi connectivity index (χ3v) is 6.37. The molecule has 1 fully saturated rings. The van der Waals surface area contributed by atoms with Crippen molar-refractivity contribution in [2.75, 3.05) is 37.9 Å². The van der Waals surface area contributed by atoms with Crippen LogP contribution in [0.15, 0.2) is 59.3 Å². The number of allylic oxidation sites excluding steroid dienone is 1. The Morgan fingerprint density at radius 2 is 1.82 bits per heavy atom. The maximum atomic E-state index is 13.5. The minimum Gasteiger partial charge on any atom is -0.378 e. The second-order valence-electron chi connectivity index (χ2n) is 7.34. The topological polar surface area (TPSA) is 110 Å². The van der Waals surface area contributed by atoms with Crippen LogP contribution >= 0.6 is 23.4 Å². The molecule has 4 rings (SSSR count). The molecule has 0 amide bonds. The first-order chi connectivity index (χ1) is 16.5. The third-order valence-electron chi connectivity index (χ3n) is 5.17. The number of nitrogens with zero attached hydrogens (tertiary/aromatic N) is 5. The van der Waals surface area contributed by atoms with E-state index in [0.29, 0.717) is 53.6 Å². The number of nitrogens with two attached hydrogens (primary N) is 1. The summed E-state index contributed by atoms with van der Waals surface area (Å²) in [5.74, 6) is 5.69. The Kier molecular flexibility index (Phi) is 7.47. The smallest absolute Gasteiger partial charge is 0.210 e. The largest absolute Gasteiger partial charge is 0.378 e. The van der Waals surface area contributed by atoms with Gasteiger partial charge in [0.05, 0.1) is 24.7 Å². The first-order valence-corrected chi connectivity index (χ1v) is 11.7.